The molecule has 0 aromatic carbocycles. The van der Waals surface area contributed by atoms with Gasteiger partial charge in [0.2, 0.25) is 0 Å². The molecule has 0 amide bonds. The van der Waals surface area contributed by atoms with Crippen molar-refractivity contribution < 1.29 is 0 Å². The smallest absolute Gasteiger partial charge is 0.131 e. The third-order valence-corrected chi connectivity index (χ3v) is 4.90. The van der Waals surface area contributed by atoms with Crippen LogP contribution in [0.4, 0.5) is 0 Å². The van der Waals surface area contributed by atoms with Gasteiger partial charge in [-0.1, -0.05) is 20.3 Å². The van der Waals surface area contributed by atoms with Crippen molar-refractivity contribution >= 4 is 0 Å². The summed E-state index contributed by atoms with van der Waals surface area (Å²) in [5.74, 6) is 2.59. The van der Waals surface area contributed by atoms with Gasteiger partial charge < -0.3 is 5.32 Å². The first-order valence-corrected chi connectivity index (χ1v) is 8.70. The van der Waals surface area contributed by atoms with Crippen LogP contribution in [-0.4, -0.2) is 23.1 Å². The number of nitrogens with one attached hydrogen (secondary N) is 1. The van der Waals surface area contributed by atoms with Crippen molar-refractivity contribution in [3.05, 3.63) is 22.8 Å². The number of hydrogen-bond donors (Lipinski definition) is 1. The van der Waals surface area contributed by atoms with Crippen molar-refractivity contribution in [3.8, 4) is 0 Å². The van der Waals surface area contributed by atoms with Crippen LogP contribution in [0.25, 0.3) is 0 Å². The lowest BCUT2D eigenvalue weighted by atomic mass is 10.0. The molecule has 2 unspecified atom stereocenters. The summed E-state index contributed by atoms with van der Waals surface area (Å²) in [7, 11) is 0. The number of aryl methyl sites for hydroxylation is 2. The Morgan fingerprint density at radius 3 is 2.33 bits per heavy atom. The lowest BCUT2D eigenvalue weighted by Crippen LogP contribution is -2.19. The molecule has 0 bridgehead atoms. The van der Waals surface area contributed by atoms with Crippen LogP contribution in [0.3, 0.4) is 0 Å². The Hall–Kier alpha value is -0.960. The summed E-state index contributed by atoms with van der Waals surface area (Å²) in [6.07, 6.45) is 7.44. The van der Waals surface area contributed by atoms with Crippen molar-refractivity contribution in [3.63, 3.8) is 0 Å². The van der Waals surface area contributed by atoms with Crippen molar-refractivity contribution in [1.82, 2.24) is 15.3 Å². The highest BCUT2D eigenvalue weighted by Crippen LogP contribution is 2.38. The van der Waals surface area contributed by atoms with E-state index in [4.69, 9.17) is 9.97 Å². The summed E-state index contributed by atoms with van der Waals surface area (Å²) >= 11 is 0. The third-order valence-electron chi connectivity index (χ3n) is 4.90. The van der Waals surface area contributed by atoms with Gasteiger partial charge in [-0.05, 0) is 70.5 Å². The summed E-state index contributed by atoms with van der Waals surface area (Å²) in [6.45, 7) is 10.9. The lowest BCUT2D eigenvalue weighted by molar-refractivity contribution is 0.515. The number of aromatic nitrogens is 2. The predicted molar refractivity (Wildman–Crippen MR) is 88.7 cm³/mol. The zero-order valence-corrected chi connectivity index (χ0v) is 14.2. The SMILES string of the molecule is CCCNCCc1c(C)nc(C2CCC(CC)C2)nc1C. The molecule has 1 aliphatic rings. The highest BCUT2D eigenvalue weighted by molar-refractivity contribution is 5.25. The van der Waals surface area contributed by atoms with Gasteiger partial charge in [-0.3, -0.25) is 0 Å². The monoisotopic (exact) mass is 289 g/mol. The Morgan fingerprint density at radius 2 is 1.76 bits per heavy atom. The van der Waals surface area contributed by atoms with Crippen LogP contribution >= 0.6 is 0 Å². The van der Waals surface area contributed by atoms with Crippen LogP contribution in [0.5, 0.6) is 0 Å². The maximum absolute atomic E-state index is 4.84. The molecule has 118 valence electrons. The minimum absolute atomic E-state index is 0.597. The van der Waals surface area contributed by atoms with Gasteiger partial charge in [-0.25, -0.2) is 9.97 Å². The molecule has 21 heavy (non-hydrogen) atoms. The van der Waals surface area contributed by atoms with E-state index in [1.165, 1.54) is 49.1 Å². The van der Waals surface area contributed by atoms with Crippen LogP contribution < -0.4 is 5.32 Å². The first-order chi connectivity index (χ1) is 10.2. The zero-order valence-electron chi connectivity index (χ0n) is 14.2. The number of hydrogen-bond acceptors (Lipinski definition) is 3. The largest absolute Gasteiger partial charge is 0.316 e. The molecule has 3 nitrogen and oxygen atoms in total. The Balaban J connectivity index is 2.03. The summed E-state index contributed by atoms with van der Waals surface area (Å²) in [5, 5.41) is 3.47. The Labute approximate surface area is 130 Å². The molecule has 2 rings (SSSR count). The molecule has 0 spiro atoms. The summed E-state index contributed by atoms with van der Waals surface area (Å²) in [4.78, 5) is 9.69. The van der Waals surface area contributed by atoms with E-state index in [2.05, 4.69) is 33.0 Å². The van der Waals surface area contributed by atoms with E-state index >= 15 is 0 Å². The Morgan fingerprint density at radius 1 is 1.05 bits per heavy atom. The quantitative estimate of drug-likeness (QED) is 0.773. The van der Waals surface area contributed by atoms with Crippen LogP contribution in [0.1, 0.15) is 74.6 Å². The molecule has 0 saturated heterocycles. The Kier molecular flexibility index (Phi) is 6.16. The normalized spacial score (nSPS) is 21.9. The molecule has 0 radical (unpaired) electrons. The van der Waals surface area contributed by atoms with Crippen LogP contribution in [0, 0.1) is 19.8 Å². The highest BCUT2D eigenvalue weighted by atomic mass is 14.9. The van der Waals surface area contributed by atoms with E-state index in [9.17, 15) is 0 Å². The molecule has 1 heterocycles. The van der Waals surface area contributed by atoms with E-state index in [1.807, 2.05) is 0 Å². The van der Waals surface area contributed by atoms with Gasteiger partial charge in [0.15, 0.2) is 0 Å². The topological polar surface area (TPSA) is 37.8 Å². The van der Waals surface area contributed by atoms with Gasteiger partial charge in [0.25, 0.3) is 0 Å². The van der Waals surface area contributed by atoms with E-state index in [1.54, 1.807) is 0 Å². The predicted octanol–water partition coefficient (Wildman–Crippen LogP) is 3.93. The molecule has 1 saturated carbocycles. The van der Waals surface area contributed by atoms with Crippen LogP contribution in [0.2, 0.25) is 0 Å². The van der Waals surface area contributed by atoms with E-state index in [-0.39, 0.29) is 0 Å². The Bertz CT molecular complexity index is 433. The fraction of sp³-hybridized carbons (Fsp3) is 0.778. The van der Waals surface area contributed by atoms with Crippen molar-refractivity contribution in [2.75, 3.05) is 13.1 Å². The average molecular weight is 289 g/mol. The summed E-state index contributed by atoms with van der Waals surface area (Å²) in [5.41, 5.74) is 3.72. The molecule has 1 aromatic heterocycles. The molecule has 1 aromatic rings. The fourth-order valence-electron chi connectivity index (χ4n) is 3.51. The van der Waals surface area contributed by atoms with Gasteiger partial charge in [-0.2, -0.15) is 0 Å². The molecule has 2 atom stereocenters. The van der Waals surface area contributed by atoms with Gasteiger partial charge >= 0.3 is 0 Å². The number of nitrogens with zero attached hydrogens (tertiary/aromatic N) is 2. The van der Waals surface area contributed by atoms with Crippen molar-refractivity contribution in [1.29, 1.82) is 0 Å². The second-order valence-electron chi connectivity index (χ2n) is 6.52. The minimum Gasteiger partial charge on any atom is -0.316 e. The molecular weight excluding hydrogens is 258 g/mol. The lowest BCUT2D eigenvalue weighted by Gasteiger charge is -2.15. The second kappa shape index (κ2) is 7.88. The van der Waals surface area contributed by atoms with E-state index in [0.29, 0.717) is 5.92 Å². The van der Waals surface area contributed by atoms with E-state index < -0.39 is 0 Å². The molecule has 1 fully saturated rings. The molecule has 3 heteroatoms. The minimum atomic E-state index is 0.597. The maximum Gasteiger partial charge on any atom is 0.131 e. The molecule has 1 N–H and O–H groups in total. The highest BCUT2D eigenvalue weighted by Gasteiger charge is 2.27. The van der Waals surface area contributed by atoms with Gasteiger partial charge in [0.1, 0.15) is 5.82 Å². The summed E-state index contributed by atoms with van der Waals surface area (Å²) in [6, 6.07) is 0. The maximum atomic E-state index is 4.84. The van der Waals surface area contributed by atoms with Crippen molar-refractivity contribution in [2.45, 2.75) is 72.1 Å². The van der Waals surface area contributed by atoms with E-state index in [0.717, 1.165) is 31.3 Å². The molecule has 1 aliphatic carbocycles. The van der Waals surface area contributed by atoms with Gasteiger partial charge in [0, 0.05) is 17.3 Å². The second-order valence-corrected chi connectivity index (χ2v) is 6.52. The first kappa shape index (κ1) is 16.4. The van der Waals surface area contributed by atoms with Crippen LogP contribution in [0.15, 0.2) is 0 Å². The van der Waals surface area contributed by atoms with Gasteiger partial charge in [0.05, 0.1) is 0 Å². The van der Waals surface area contributed by atoms with Gasteiger partial charge in [-0.15, -0.1) is 0 Å². The average Bonchev–Trinajstić information content (AvgIpc) is 2.94. The molecular formula is C18H31N3. The van der Waals surface area contributed by atoms with Crippen LogP contribution in [-0.2, 0) is 6.42 Å². The number of rotatable bonds is 7. The molecule has 0 aliphatic heterocycles. The third kappa shape index (κ3) is 4.26. The fourth-order valence-corrected chi connectivity index (χ4v) is 3.51. The zero-order chi connectivity index (χ0) is 15.2. The first-order valence-electron chi connectivity index (χ1n) is 8.70. The standard InChI is InChI=1S/C18H31N3/c1-5-10-19-11-9-17-13(3)20-18(21-14(17)4)16-8-7-15(6-2)12-16/h15-16,19H,5-12H2,1-4H3. The van der Waals surface area contributed by atoms with Crippen molar-refractivity contribution in [2.24, 2.45) is 5.92 Å². The summed E-state index contributed by atoms with van der Waals surface area (Å²) < 4.78 is 0.